The largest absolute Gasteiger partial charge is 0.497 e. The minimum Gasteiger partial charge on any atom is -0.497 e. The van der Waals surface area contributed by atoms with Gasteiger partial charge in [-0.15, -0.1) is 0 Å². The van der Waals surface area contributed by atoms with E-state index in [2.05, 4.69) is 0 Å². The number of benzene rings is 2. The minimum atomic E-state index is -3.72. The molecule has 6 heteroatoms. The van der Waals surface area contributed by atoms with Gasteiger partial charge in [0.05, 0.1) is 29.4 Å². The third-order valence-electron chi connectivity index (χ3n) is 2.92. The highest BCUT2D eigenvalue weighted by Crippen LogP contribution is 2.22. The summed E-state index contributed by atoms with van der Waals surface area (Å²) >= 11 is 0. The van der Waals surface area contributed by atoms with Crippen LogP contribution in [0.1, 0.15) is 11.1 Å². The van der Waals surface area contributed by atoms with Crippen molar-refractivity contribution in [2.75, 3.05) is 7.11 Å². The molecule has 2 aromatic rings. The molecule has 0 heterocycles. The third-order valence-corrected chi connectivity index (χ3v) is 4.58. The monoisotopic (exact) mass is 305 g/mol. The minimum absolute atomic E-state index is 0.0307. The topological polar surface area (TPSA) is 67.2 Å². The van der Waals surface area contributed by atoms with Crippen LogP contribution < -0.4 is 4.74 Å². The zero-order valence-corrected chi connectivity index (χ0v) is 12.0. The zero-order chi connectivity index (χ0) is 15.5. The molecule has 0 bridgehead atoms. The lowest BCUT2D eigenvalue weighted by Gasteiger charge is -2.07. The number of ether oxygens (including phenoxy) is 1. The molecule has 0 fully saturated rings. The van der Waals surface area contributed by atoms with Gasteiger partial charge < -0.3 is 4.74 Å². The molecule has 0 saturated heterocycles. The van der Waals surface area contributed by atoms with E-state index in [1.807, 2.05) is 6.07 Å². The van der Waals surface area contributed by atoms with Gasteiger partial charge in [0.1, 0.15) is 11.6 Å². The maximum absolute atomic E-state index is 13.7. The molecule has 0 saturated carbocycles. The van der Waals surface area contributed by atoms with E-state index >= 15 is 0 Å². The predicted molar refractivity (Wildman–Crippen MR) is 75.0 cm³/mol. The summed E-state index contributed by atoms with van der Waals surface area (Å²) in [6.07, 6.45) is 0. The summed E-state index contributed by atoms with van der Waals surface area (Å²) in [5.41, 5.74) is 0.184. The van der Waals surface area contributed by atoms with Crippen molar-refractivity contribution >= 4 is 9.84 Å². The quantitative estimate of drug-likeness (QED) is 0.871. The molecule has 21 heavy (non-hydrogen) atoms. The Hall–Kier alpha value is -2.39. The molecule has 0 spiro atoms. The fourth-order valence-corrected chi connectivity index (χ4v) is 3.22. The molecule has 0 aromatic heterocycles. The molecular formula is C15H12FNO3S. The van der Waals surface area contributed by atoms with Crippen LogP contribution in [0.2, 0.25) is 0 Å². The van der Waals surface area contributed by atoms with Crippen LogP contribution in [0.15, 0.2) is 47.4 Å². The molecule has 108 valence electrons. The van der Waals surface area contributed by atoms with Crippen molar-refractivity contribution in [3.8, 4) is 11.8 Å². The van der Waals surface area contributed by atoms with Gasteiger partial charge in [0, 0.05) is 5.56 Å². The molecule has 2 aromatic carbocycles. The van der Waals surface area contributed by atoms with E-state index in [0.29, 0.717) is 5.75 Å². The van der Waals surface area contributed by atoms with Gasteiger partial charge in [0.25, 0.3) is 0 Å². The second-order valence-corrected chi connectivity index (χ2v) is 6.35. The Kier molecular flexibility index (Phi) is 4.24. The van der Waals surface area contributed by atoms with Crippen molar-refractivity contribution in [2.45, 2.75) is 10.6 Å². The van der Waals surface area contributed by atoms with Gasteiger partial charge >= 0.3 is 0 Å². The number of nitrogens with zero attached hydrogens (tertiary/aromatic N) is 1. The van der Waals surface area contributed by atoms with E-state index in [-0.39, 0.29) is 16.0 Å². The van der Waals surface area contributed by atoms with E-state index < -0.39 is 21.4 Å². The van der Waals surface area contributed by atoms with Gasteiger partial charge in [-0.2, -0.15) is 5.26 Å². The Morgan fingerprint density at radius 3 is 2.67 bits per heavy atom. The number of halogens is 1. The van der Waals surface area contributed by atoms with Gasteiger partial charge in [0.15, 0.2) is 9.84 Å². The summed E-state index contributed by atoms with van der Waals surface area (Å²) in [5, 5.41) is 8.80. The van der Waals surface area contributed by atoms with Crippen LogP contribution in [0.5, 0.6) is 5.75 Å². The summed E-state index contributed by atoms with van der Waals surface area (Å²) in [6.45, 7) is 0. The highest BCUT2D eigenvalue weighted by Gasteiger charge is 2.18. The molecule has 0 atom stereocenters. The predicted octanol–water partition coefficient (Wildman–Crippen LogP) is 2.68. The Balaban J connectivity index is 2.40. The lowest BCUT2D eigenvalue weighted by Crippen LogP contribution is -2.07. The molecule has 0 aliphatic rings. The first-order valence-corrected chi connectivity index (χ1v) is 7.67. The van der Waals surface area contributed by atoms with Gasteiger partial charge in [-0.3, -0.25) is 0 Å². The van der Waals surface area contributed by atoms with E-state index in [4.69, 9.17) is 10.00 Å². The standard InChI is InChI=1S/C15H12FNO3S/c1-20-13-3-2-4-14(8-13)21(18,19)10-12-7-11(9-17)5-6-15(12)16/h2-8H,10H2,1H3. The first kappa shape index (κ1) is 15.0. The SMILES string of the molecule is COc1cccc(S(=O)(=O)Cc2cc(C#N)ccc2F)c1. The second-order valence-electron chi connectivity index (χ2n) is 4.36. The van der Waals surface area contributed by atoms with Crippen LogP contribution in [0.3, 0.4) is 0 Å². The number of sulfone groups is 1. The van der Waals surface area contributed by atoms with Gasteiger partial charge in [0.2, 0.25) is 0 Å². The van der Waals surface area contributed by atoms with Gasteiger partial charge in [-0.05, 0) is 36.4 Å². The smallest absolute Gasteiger partial charge is 0.182 e. The lowest BCUT2D eigenvalue weighted by atomic mass is 10.1. The molecule has 4 nitrogen and oxygen atoms in total. The fraction of sp³-hybridized carbons (Fsp3) is 0.133. The molecule has 0 aliphatic carbocycles. The Labute approximate surface area is 122 Å². The maximum Gasteiger partial charge on any atom is 0.182 e. The van der Waals surface area contributed by atoms with Crippen LogP contribution in [0, 0.1) is 17.1 Å². The second kappa shape index (κ2) is 5.94. The molecule has 0 radical (unpaired) electrons. The highest BCUT2D eigenvalue weighted by atomic mass is 32.2. The van der Waals surface area contributed by atoms with Crippen molar-refractivity contribution < 1.29 is 17.5 Å². The van der Waals surface area contributed by atoms with Gasteiger partial charge in [-0.1, -0.05) is 6.07 Å². The first-order valence-electron chi connectivity index (χ1n) is 6.01. The Morgan fingerprint density at radius 2 is 2.00 bits per heavy atom. The fourth-order valence-electron chi connectivity index (χ4n) is 1.84. The lowest BCUT2D eigenvalue weighted by molar-refractivity contribution is 0.413. The maximum atomic E-state index is 13.7. The molecule has 0 N–H and O–H groups in total. The van der Waals surface area contributed by atoms with Crippen LogP contribution in [-0.2, 0) is 15.6 Å². The third kappa shape index (κ3) is 3.38. The molecule has 2 rings (SSSR count). The zero-order valence-electron chi connectivity index (χ0n) is 11.2. The van der Waals surface area contributed by atoms with Crippen LogP contribution >= 0.6 is 0 Å². The summed E-state index contributed by atoms with van der Waals surface area (Å²) in [6, 6.07) is 11.5. The van der Waals surface area contributed by atoms with Crippen LogP contribution in [0.4, 0.5) is 4.39 Å². The normalized spacial score (nSPS) is 10.9. The average Bonchev–Trinajstić information content (AvgIpc) is 2.49. The number of rotatable bonds is 4. The summed E-state index contributed by atoms with van der Waals surface area (Å²) < 4.78 is 43.3. The Bertz CT molecular complexity index is 810. The van der Waals surface area contributed by atoms with Gasteiger partial charge in [-0.25, -0.2) is 12.8 Å². The summed E-state index contributed by atoms with van der Waals surface area (Å²) in [5.74, 6) is -0.760. The van der Waals surface area contributed by atoms with Crippen molar-refractivity contribution in [3.05, 3.63) is 59.4 Å². The number of hydrogen-bond donors (Lipinski definition) is 0. The molecular weight excluding hydrogens is 293 g/mol. The average molecular weight is 305 g/mol. The van der Waals surface area contributed by atoms with Crippen LogP contribution in [0.25, 0.3) is 0 Å². The van der Waals surface area contributed by atoms with E-state index in [1.165, 1.54) is 31.4 Å². The van der Waals surface area contributed by atoms with E-state index in [1.54, 1.807) is 12.1 Å². The highest BCUT2D eigenvalue weighted by molar-refractivity contribution is 7.90. The molecule has 0 amide bonds. The number of hydrogen-bond acceptors (Lipinski definition) is 4. The van der Waals surface area contributed by atoms with E-state index in [0.717, 1.165) is 6.07 Å². The van der Waals surface area contributed by atoms with E-state index in [9.17, 15) is 12.8 Å². The summed E-state index contributed by atoms with van der Waals surface area (Å²) in [4.78, 5) is 0.0450. The van der Waals surface area contributed by atoms with Crippen molar-refractivity contribution in [1.82, 2.24) is 0 Å². The molecule has 0 unspecified atom stereocenters. The summed E-state index contributed by atoms with van der Waals surface area (Å²) in [7, 11) is -2.29. The number of methoxy groups -OCH3 is 1. The first-order chi connectivity index (χ1) is 9.96. The number of nitriles is 1. The van der Waals surface area contributed by atoms with Crippen LogP contribution in [-0.4, -0.2) is 15.5 Å². The molecule has 0 aliphatic heterocycles. The van der Waals surface area contributed by atoms with Crippen molar-refractivity contribution in [3.63, 3.8) is 0 Å². The van der Waals surface area contributed by atoms with Crippen molar-refractivity contribution in [1.29, 1.82) is 5.26 Å². The van der Waals surface area contributed by atoms with Crippen molar-refractivity contribution in [2.24, 2.45) is 0 Å². The Morgan fingerprint density at radius 1 is 1.24 bits per heavy atom.